The average Bonchev–Trinajstić information content (AvgIpc) is 2.93. The Bertz CT molecular complexity index is 682. The molecule has 2 rings (SSSR count). The Morgan fingerprint density at radius 1 is 1.27 bits per heavy atom. The third-order valence-electron chi connectivity index (χ3n) is 2.95. The number of anilines is 1. The fourth-order valence-electron chi connectivity index (χ4n) is 1.91. The molecule has 0 fully saturated rings. The smallest absolute Gasteiger partial charge is 0.253 e. The SMILES string of the molecule is CC(C)n1nccc1NC(=O)CNC(=O)c1ccccc1Cl. The van der Waals surface area contributed by atoms with Gasteiger partial charge in [0.05, 0.1) is 23.3 Å². The summed E-state index contributed by atoms with van der Waals surface area (Å²) in [4.78, 5) is 23.9. The van der Waals surface area contributed by atoms with E-state index in [4.69, 9.17) is 11.6 Å². The summed E-state index contributed by atoms with van der Waals surface area (Å²) in [5, 5.41) is 9.71. The number of carbonyl (C=O) groups excluding carboxylic acids is 2. The normalized spacial score (nSPS) is 10.5. The molecule has 0 saturated heterocycles. The second kappa shape index (κ2) is 7.09. The van der Waals surface area contributed by atoms with E-state index < -0.39 is 5.91 Å². The summed E-state index contributed by atoms with van der Waals surface area (Å²) in [5.41, 5.74) is 0.337. The topological polar surface area (TPSA) is 76.0 Å². The molecule has 1 aromatic carbocycles. The van der Waals surface area contributed by atoms with Gasteiger partial charge in [-0.25, -0.2) is 4.68 Å². The first-order valence-corrected chi connectivity index (χ1v) is 7.23. The molecule has 0 spiro atoms. The Hall–Kier alpha value is -2.34. The van der Waals surface area contributed by atoms with Gasteiger partial charge < -0.3 is 10.6 Å². The van der Waals surface area contributed by atoms with Crippen LogP contribution in [-0.4, -0.2) is 28.1 Å². The lowest BCUT2D eigenvalue weighted by molar-refractivity contribution is -0.115. The highest BCUT2D eigenvalue weighted by molar-refractivity contribution is 6.33. The molecule has 2 amide bonds. The highest BCUT2D eigenvalue weighted by Gasteiger charge is 2.13. The van der Waals surface area contributed by atoms with E-state index in [1.54, 1.807) is 41.2 Å². The molecule has 0 aliphatic heterocycles. The Balaban J connectivity index is 1.92. The predicted molar refractivity (Wildman–Crippen MR) is 85.0 cm³/mol. The van der Waals surface area contributed by atoms with Crippen molar-refractivity contribution >= 4 is 29.2 Å². The number of amides is 2. The van der Waals surface area contributed by atoms with E-state index in [0.29, 0.717) is 16.4 Å². The molecule has 0 radical (unpaired) electrons. The third kappa shape index (κ3) is 3.85. The molecule has 0 aliphatic rings. The van der Waals surface area contributed by atoms with Crippen LogP contribution in [0.2, 0.25) is 5.02 Å². The standard InChI is InChI=1S/C15H17ClN4O2/c1-10(2)20-13(7-8-18-20)19-14(21)9-17-15(22)11-5-3-4-6-12(11)16/h3-8,10H,9H2,1-2H3,(H,17,22)(H,19,21). The van der Waals surface area contributed by atoms with E-state index in [1.165, 1.54) is 0 Å². The van der Waals surface area contributed by atoms with Crippen molar-refractivity contribution in [2.45, 2.75) is 19.9 Å². The summed E-state index contributed by atoms with van der Waals surface area (Å²) in [6.07, 6.45) is 1.61. The van der Waals surface area contributed by atoms with Gasteiger partial charge in [-0.1, -0.05) is 23.7 Å². The van der Waals surface area contributed by atoms with E-state index in [2.05, 4.69) is 15.7 Å². The second-order valence-corrected chi connectivity index (χ2v) is 5.37. The van der Waals surface area contributed by atoms with Gasteiger partial charge in [0.25, 0.3) is 5.91 Å². The van der Waals surface area contributed by atoms with Crippen LogP contribution in [-0.2, 0) is 4.79 Å². The molecule has 116 valence electrons. The summed E-state index contributed by atoms with van der Waals surface area (Å²) < 4.78 is 1.69. The predicted octanol–water partition coefficient (Wildman–Crippen LogP) is 2.49. The summed E-state index contributed by atoms with van der Waals surface area (Å²) in [5.74, 6) is -0.132. The van der Waals surface area contributed by atoms with E-state index in [0.717, 1.165) is 0 Å². The zero-order chi connectivity index (χ0) is 16.1. The van der Waals surface area contributed by atoms with E-state index in [9.17, 15) is 9.59 Å². The van der Waals surface area contributed by atoms with Crippen LogP contribution in [0.15, 0.2) is 36.5 Å². The number of rotatable bonds is 5. The monoisotopic (exact) mass is 320 g/mol. The second-order valence-electron chi connectivity index (χ2n) is 4.97. The van der Waals surface area contributed by atoms with E-state index in [-0.39, 0.29) is 18.5 Å². The fraction of sp³-hybridized carbons (Fsp3) is 0.267. The van der Waals surface area contributed by atoms with Gasteiger partial charge >= 0.3 is 0 Å². The summed E-state index contributed by atoms with van der Waals surface area (Å²) in [6, 6.07) is 8.50. The van der Waals surface area contributed by atoms with E-state index in [1.807, 2.05) is 13.8 Å². The largest absolute Gasteiger partial charge is 0.343 e. The number of halogens is 1. The number of hydrogen-bond donors (Lipinski definition) is 2. The Kier molecular flexibility index (Phi) is 5.16. The van der Waals surface area contributed by atoms with Crippen LogP contribution >= 0.6 is 11.6 Å². The van der Waals surface area contributed by atoms with Gasteiger partial charge in [-0.15, -0.1) is 0 Å². The van der Waals surface area contributed by atoms with Crippen molar-refractivity contribution in [1.29, 1.82) is 0 Å². The number of carbonyl (C=O) groups is 2. The minimum atomic E-state index is -0.391. The highest BCUT2D eigenvalue weighted by Crippen LogP contribution is 2.15. The number of hydrogen-bond acceptors (Lipinski definition) is 3. The average molecular weight is 321 g/mol. The molecule has 0 unspecified atom stereocenters. The lowest BCUT2D eigenvalue weighted by atomic mass is 10.2. The molecule has 2 N–H and O–H groups in total. The van der Waals surface area contributed by atoms with Crippen LogP contribution in [0.5, 0.6) is 0 Å². The molecule has 1 aromatic heterocycles. The molecule has 0 atom stereocenters. The van der Waals surface area contributed by atoms with Crippen LogP contribution in [0.25, 0.3) is 0 Å². The molecular formula is C15H17ClN4O2. The molecular weight excluding hydrogens is 304 g/mol. The van der Waals surface area contributed by atoms with Gasteiger partial charge in [0, 0.05) is 12.1 Å². The molecule has 0 bridgehead atoms. The molecule has 2 aromatic rings. The maximum Gasteiger partial charge on any atom is 0.253 e. The first-order chi connectivity index (χ1) is 10.5. The van der Waals surface area contributed by atoms with Gasteiger partial charge in [0.1, 0.15) is 5.82 Å². The van der Waals surface area contributed by atoms with Crippen LogP contribution in [0, 0.1) is 0 Å². The van der Waals surface area contributed by atoms with Gasteiger partial charge in [-0.3, -0.25) is 9.59 Å². The van der Waals surface area contributed by atoms with E-state index >= 15 is 0 Å². The van der Waals surface area contributed by atoms with Crippen molar-refractivity contribution in [3.63, 3.8) is 0 Å². The van der Waals surface area contributed by atoms with Gasteiger partial charge in [0.2, 0.25) is 5.91 Å². The van der Waals surface area contributed by atoms with Crippen molar-refractivity contribution in [2.24, 2.45) is 0 Å². The van der Waals surface area contributed by atoms with Crippen molar-refractivity contribution in [3.05, 3.63) is 47.1 Å². The number of aromatic nitrogens is 2. The van der Waals surface area contributed by atoms with Crippen LogP contribution in [0.3, 0.4) is 0 Å². The van der Waals surface area contributed by atoms with Gasteiger partial charge in [-0.05, 0) is 26.0 Å². The molecule has 22 heavy (non-hydrogen) atoms. The van der Waals surface area contributed by atoms with Crippen molar-refractivity contribution in [3.8, 4) is 0 Å². The zero-order valence-corrected chi connectivity index (χ0v) is 13.1. The van der Waals surface area contributed by atoms with Gasteiger partial charge in [-0.2, -0.15) is 5.10 Å². The quantitative estimate of drug-likeness (QED) is 0.888. The summed E-state index contributed by atoms with van der Waals surface area (Å²) in [7, 11) is 0. The Labute approximate surface area is 133 Å². The minimum Gasteiger partial charge on any atom is -0.343 e. The molecule has 6 nitrogen and oxygen atoms in total. The molecule has 0 aliphatic carbocycles. The van der Waals surface area contributed by atoms with Crippen LogP contribution in [0.4, 0.5) is 5.82 Å². The summed E-state index contributed by atoms with van der Waals surface area (Å²) in [6.45, 7) is 3.77. The first kappa shape index (κ1) is 16.0. The highest BCUT2D eigenvalue weighted by atomic mass is 35.5. The number of nitrogens with zero attached hydrogens (tertiary/aromatic N) is 2. The molecule has 7 heteroatoms. The lowest BCUT2D eigenvalue weighted by Crippen LogP contribution is -2.33. The van der Waals surface area contributed by atoms with Crippen LogP contribution < -0.4 is 10.6 Å². The Morgan fingerprint density at radius 3 is 2.68 bits per heavy atom. The van der Waals surface area contributed by atoms with Crippen molar-refractivity contribution in [1.82, 2.24) is 15.1 Å². The third-order valence-corrected chi connectivity index (χ3v) is 3.28. The molecule has 0 saturated carbocycles. The summed E-state index contributed by atoms with van der Waals surface area (Å²) >= 11 is 5.93. The zero-order valence-electron chi connectivity index (χ0n) is 12.3. The van der Waals surface area contributed by atoms with Gasteiger partial charge in [0.15, 0.2) is 0 Å². The number of nitrogens with one attached hydrogen (secondary N) is 2. The Morgan fingerprint density at radius 2 is 2.00 bits per heavy atom. The maximum absolute atomic E-state index is 12.0. The molecule has 1 heterocycles. The van der Waals surface area contributed by atoms with Crippen LogP contribution in [0.1, 0.15) is 30.2 Å². The minimum absolute atomic E-state index is 0.128. The maximum atomic E-state index is 12.0. The lowest BCUT2D eigenvalue weighted by Gasteiger charge is -2.12. The fourth-order valence-corrected chi connectivity index (χ4v) is 2.13. The van der Waals surface area contributed by atoms with Crippen molar-refractivity contribution in [2.75, 3.05) is 11.9 Å². The number of benzene rings is 1. The first-order valence-electron chi connectivity index (χ1n) is 6.85. The van der Waals surface area contributed by atoms with Crippen molar-refractivity contribution < 1.29 is 9.59 Å².